The number of nitrogens with zero attached hydrogens (tertiary/aromatic N) is 3. The quantitative estimate of drug-likeness (QED) is 0.414. The van der Waals surface area contributed by atoms with Gasteiger partial charge >= 0.3 is 0 Å². The summed E-state index contributed by atoms with van der Waals surface area (Å²) in [7, 11) is 0. The van der Waals surface area contributed by atoms with Gasteiger partial charge in [0, 0.05) is 50.0 Å². The maximum absolute atomic E-state index is 13.5. The summed E-state index contributed by atoms with van der Waals surface area (Å²) in [5, 5.41) is 8.45. The van der Waals surface area contributed by atoms with Gasteiger partial charge in [-0.2, -0.15) is 5.10 Å². The number of nitrogens with one attached hydrogen (secondary N) is 1. The van der Waals surface area contributed by atoms with Crippen LogP contribution in [0, 0.1) is 5.82 Å². The van der Waals surface area contributed by atoms with E-state index < -0.39 is 0 Å². The Balaban J connectivity index is 1.33. The van der Waals surface area contributed by atoms with Gasteiger partial charge in [-0.15, -0.1) is 0 Å². The molecule has 0 atom stereocenters. The fourth-order valence-corrected chi connectivity index (χ4v) is 4.32. The van der Waals surface area contributed by atoms with Crippen molar-refractivity contribution in [2.24, 2.45) is 0 Å². The Morgan fingerprint density at radius 2 is 1.47 bits per heavy atom. The Labute approximate surface area is 199 Å². The van der Waals surface area contributed by atoms with Gasteiger partial charge in [-0.25, -0.2) is 9.07 Å². The third-order valence-corrected chi connectivity index (χ3v) is 6.18. The van der Waals surface area contributed by atoms with Crippen molar-refractivity contribution in [3.05, 3.63) is 108 Å². The highest BCUT2D eigenvalue weighted by atomic mass is 19.1. The van der Waals surface area contributed by atoms with Crippen LogP contribution in [-0.2, 0) is 24.4 Å². The highest BCUT2D eigenvalue weighted by molar-refractivity contribution is 5.63. The lowest BCUT2D eigenvalue weighted by Gasteiger charge is -2.27. The van der Waals surface area contributed by atoms with Crippen molar-refractivity contribution >= 4 is 0 Å². The molecule has 174 valence electrons. The molecule has 0 amide bonds. The molecular formula is C28H29FN4O. The molecule has 2 heterocycles. The Bertz CT molecular complexity index is 1200. The van der Waals surface area contributed by atoms with Crippen molar-refractivity contribution in [2.45, 2.75) is 19.6 Å². The van der Waals surface area contributed by atoms with Gasteiger partial charge in [0.25, 0.3) is 0 Å². The van der Waals surface area contributed by atoms with Gasteiger partial charge in [-0.1, -0.05) is 42.5 Å². The fraction of sp³-hybridized carbons (Fsp3) is 0.250. The van der Waals surface area contributed by atoms with E-state index in [1.54, 1.807) is 12.1 Å². The van der Waals surface area contributed by atoms with E-state index in [1.165, 1.54) is 23.3 Å². The lowest BCUT2D eigenvalue weighted by atomic mass is 10.1. The summed E-state index contributed by atoms with van der Waals surface area (Å²) in [5.74, 6) is -0.247. The minimum atomic E-state index is -0.247. The molecule has 1 N–H and O–H groups in total. The van der Waals surface area contributed by atoms with Gasteiger partial charge in [0.2, 0.25) is 0 Å². The SMILES string of the molecule is Fc1ccc(-c2nn(-c3ccccc3)cc2CNCc2ccccc2CN2CCOCC2)cc1. The standard InChI is InChI=1S/C28H29FN4O/c29-26-12-10-22(11-13-26)28-25(21-33(31-28)27-8-2-1-3-9-27)19-30-18-23-6-4-5-7-24(23)20-32-14-16-34-17-15-32/h1-13,21,30H,14-20H2. The Morgan fingerprint density at radius 3 is 2.24 bits per heavy atom. The molecule has 0 saturated carbocycles. The van der Waals surface area contributed by atoms with Crippen LogP contribution in [0.25, 0.3) is 16.9 Å². The molecule has 1 aliphatic heterocycles. The summed E-state index contributed by atoms with van der Waals surface area (Å²) in [6, 6.07) is 25.2. The van der Waals surface area contributed by atoms with Crippen LogP contribution in [0.2, 0.25) is 0 Å². The average molecular weight is 457 g/mol. The van der Waals surface area contributed by atoms with Crippen molar-refractivity contribution in [2.75, 3.05) is 26.3 Å². The van der Waals surface area contributed by atoms with Crippen LogP contribution in [-0.4, -0.2) is 41.0 Å². The molecule has 34 heavy (non-hydrogen) atoms. The summed E-state index contributed by atoms with van der Waals surface area (Å²) in [6.07, 6.45) is 2.06. The van der Waals surface area contributed by atoms with Gasteiger partial charge in [-0.3, -0.25) is 4.90 Å². The molecule has 0 spiro atoms. The normalized spacial score (nSPS) is 14.4. The maximum Gasteiger partial charge on any atom is 0.123 e. The van der Waals surface area contributed by atoms with Crippen molar-refractivity contribution in [1.29, 1.82) is 0 Å². The third-order valence-electron chi connectivity index (χ3n) is 6.18. The first kappa shape index (κ1) is 22.5. The number of aromatic nitrogens is 2. The predicted molar refractivity (Wildman–Crippen MR) is 132 cm³/mol. The van der Waals surface area contributed by atoms with E-state index in [-0.39, 0.29) is 5.82 Å². The van der Waals surface area contributed by atoms with Crippen molar-refractivity contribution < 1.29 is 9.13 Å². The topological polar surface area (TPSA) is 42.3 Å². The monoisotopic (exact) mass is 456 g/mol. The zero-order chi connectivity index (χ0) is 23.2. The molecule has 1 aliphatic rings. The van der Waals surface area contributed by atoms with E-state index in [9.17, 15) is 4.39 Å². The molecule has 1 aromatic heterocycles. The lowest BCUT2D eigenvalue weighted by Crippen LogP contribution is -2.36. The van der Waals surface area contributed by atoms with Crippen molar-refractivity contribution in [1.82, 2.24) is 20.0 Å². The van der Waals surface area contributed by atoms with E-state index in [0.717, 1.165) is 61.9 Å². The minimum absolute atomic E-state index is 0.247. The number of halogens is 1. The zero-order valence-electron chi connectivity index (χ0n) is 19.2. The van der Waals surface area contributed by atoms with Gasteiger partial charge < -0.3 is 10.1 Å². The van der Waals surface area contributed by atoms with Crippen LogP contribution in [0.15, 0.2) is 85.1 Å². The molecular weight excluding hydrogens is 427 g/mol. The zero-order valence-corrected chi connectivity index (χ0v) is 19.2. The number of hydrogen-bond donors (Lipinski definition) is 1. The van der Waals surface area contributed by atoms with Gasteiger partial charge in [0.05, 0.1) is 24.6 Å². The highest BCUT2D eigenvalue weighted by Gasteiger charge is 2.14. The van der Waals surface area contributed by atoms with Crippen LogP contribution >= 0.6 is 0 Å². The summed E-state index contributed by atoms with van der Waals surface area (Å²) in [6.45, 7) is 5.91. The molecule has 0 radical (unpaired) electrons. The second-order valence-corrected chi connectivity index (χ2v) is 8.55. The van der Waals surface area contributed by atoms with Gasteiger partial charge in [-0.05, 0) is 47.5 Å². The molecule has 5 rings (SSSR count). The summed E-state index contributed by atoms with van der Waals surface area (Å²) in [5.41, 5.74) is 6.47. The Morgan fingerprint density at radius 1 is 0.794 bits per heavy atom. The molecule has 1 saturated heterocycles. The summed E-state index contributed by atoms with van der Waals surface area (Å²) in [4.78, 5) is 2.44. The molecule has 3 aromatic carbocycles. The Hall–Kier alpha value is -3.32. The maximum atomic E-state index is 13.5. The van der Waals surface area contributed by atoms with Crippen LogP contribution in [0.5, 0.6) is 0 Å². The summed E-state index contributed by atoms with van der Waals surface area (Å²) < 4.78 is 20.9. The minimum Gasteiger partial charge on any atom is -0.379 e. The summed E-state index contributed by atoms with van der Waals surface area (Å²) >= 11 is 0. The number of para-hydroxylation sites is 1. The molecule has 5 nitrogen and oxygen atoms in total. The Kier molecular flexibility index (Phi) is 7.10. The van der Waals surface area contributed by atoms with E-state index in [0.29, 0.717) is 6.54 Å². The number of ether oxygens (including phenoxy) is 1. The second-order valence-electron chi connectivity index (χ2n) is 8.55. The molecule has 1 fully saturated rings. The van der Waals surface area contributed by atoms with Crippen LogP contribution in [0.4, 0.5) is 4.39 Å². The lowest BCUT2D eigenvalue weighted by molar-refractivity contribution is 0.0340. The number of hydrogen-bond acceptors (Lipinski definition) is 4. The average Bonchev–Trinajstić information content (AvgIpc) is 3.31. The largest absolute Gasteiger partial charge is 0.379 e. The molecule has 0 unspecified atom stereocenters. The van der Waals surface area contributed by atoms with E-state index in [2.05, 4.69) is 40.7 Å². The number of benzene rings is 3. The first-order valence-corrected chi connectivity index (χ1v) is 11.7. The predicted octanol–water partition coefficient (Wildman–Crippen LogP) is 4.80. The van der Waals surface area contributed by atoms with E-state index >= 15 is 0 Å². The smallest absolute Gasteiger partial charge is 0.123 e. The van der Waals surface area contributed by atoms with Crippen LogP contribution < -0.4 is 5.32 Å². The highest BCUT2D eigenvalue weighted by Crippen LogP contribution is 2.24. The van der Waals surface area contributed by atoms with Gasteiger partial charge in [0.15, 0.2) is 0 Å². The third kappa shape index (κ3) is 5.42. The van der Waals surface area contributed by atoms with Crippen LogP contribution in [0.1, 0.15) is 16.7 Å². The van der Waals surface area contributed by atoms with E-state index in [4.69, 9.17) is 9.84 Å². The van der Waals surface area contributed by atoms with E-state index in [1.807, 2.05) is 35.0 Å². The number of rotatable bonds is 8. The fourth-order valence-electron chi connectivity index (χ4n) is 4.32. The molecule has 6 heteroatoms. The first-order valence-electron chi connectivity index (χ1n) is 11.7. The van der Waals surface area contributed by atoms with Gasteiger partial charge in [0.1, 0.15) is 5.82 Å². The van der Waals surface area contributed by atoms with Crippen LogP contribution in [0.3, 0.4) is 0 Å². The second kappa shape index (κ2) is 10.7. The molecule has 0 bridgehead atoms. The van der Waals surface area contributed by atoms with Crippen molar-refractivity contribution in [3.8, 4) is 16.9 Å². The van der Waals surface area contributed by atoms with Crippen molar-refractivity contribution in [3.63, 3.8) is 0 Å². The molecule has 0 aliphatic carbocycles. The molecule has 4 aromatic rings. The first-order chi connectivity index (χ1) is 16.8. The number of morpholine rings is 1.